The Kier molecular flexibility index (Phi) is 1.83. The zero-order valence-corrected chi connectivity index (χ0v) is 10.5. The Morgan fingerprint density at radius 2 is 2.11 bits per heavy atom. The van der Waals surface area contributed by atoms with Gasteiger partial charge in [0.2, 0.25) is 5.88 Å². The first-order chi connectivity index (χ1) is 9.18. The van der Waals surface area contributed by atoms with Gasteiger partial charge in [-0.3, -0.25) is 9.13 Å². The van der Waals surface area contributed by atoms with E-state index in [1.165, 1.54) is 15.5 Å². The molecule has 3 aromatic rings. The second kappa shape index (κ2) is 3.32. The number of nitrogens with one attached hydrogen (secondary N) is 1. The molecule has 19 heavy (non-hydrogen) atoms. The molecule has 0 unspecified atom stereocenters. The molecule has 1 aromatic carbocycles. The molecule has 1 aliphatic rings. The third-order valence-electron chi connectivity index (χ3n) is 3.95. The van der Waals surface area contributed by atoms with Crippen LogP contribution in [0.25, 0.3) is 22.3 Å². The zero-order chi connectivity index (χ0) is 13.1. The third-order valence-corrected chi connectivity index (χ3v) is 3.95. The first-order valence-corrected chi connectivity index (χ1v) is 6.27. The number of H-pyrrole nitrogens is 1. The average molecular weight is 255 g/mol. The molecule has 5 heteroatoms. The summed E-state index contributed by atoms with van der Waals surface area (Å²) in [4.78, 5) is 15.3. The number of nitrogens with zero attached hydrogens (tertiary/aromatic N) is 2. The predicted molar refractivity (Wildman–Crippen MR) is 72.3 cm³/mol. The molecular formula is C14H13N3O2. The molecule has 0 atom stereocenters. The van der Waals surface area contributed by atoms with Crippen molar-refractivity contribution in [2.75, 3.05) is 0 Å². The van der Waals surface area contributed by atoms with E-state index in [1.807, 2.05) is 18.2 Å². The second-order valence-corrected chi connectivity index (χ2v) is 4.94. The minimum Gasteiger partial charge on any atom is -0.493 e. The number of para-hydroxylation sites is 1. The first-order valence-electron chi connectivity index (χ1n) is 6.27. The number of imidazole rings is 1. The molecule has 96 valence electrons. The highest BCUT2D eigenvalue weighted by molar-refractivity contribution is 5.91. The van der Waals surface area contributed by atoms with Crippen LogP contribution in [0.1, 0.15) is 5.56 Å². The number of aryl methyl sites for hydroxylation is 1. The molecule has 4 rings (SSSR count). The number of rotatable bonds is 0. The molecule has 0 fully saturated rings. The van der Waals surface area contributed by atoms with Crippen LogP contribution in [-0.2, 0) is 20.0 Å². The van der Waals surface area contributed by atoms with Crippen molar-refractivity contribution < 1.29 is 5.11 Å². The lowest BCUT2D eigenvalue weighted by molar-refractivity contribution is 0.431. The van der Waals surface area contributed by atoms with E-state index in [-0.39, 0.29) is 11.6 Å². The Morgan fingerprint density at radius 1 is 1.32 bits per heavy atom. The van der Waals surface area contributed by atoms with Gasteiger partial charge < -0.3 is 10.1 Å². The van der Waals surface area contributed by atoms with E-state index in [2.05, 4.69) is 11.1 Å². The van der Waals surface area contributed by atoms with Crippen molar-refractivity contribution in [3.05, 3.63) is 40.3 Å². The average Bonchev–Trinajstić information content (AvgIpc) is 2.91. The molecule has 1 aliphatic heterocycles. The fraction of sp³-hybridized carbons (Fsp3) is 0.214. The topological polar surface area (TPSA) is 62.9 Å². The monoisotopic (exact) mass is 255 g/mol. The zero-order valence-electron chi connectivity index (χ0n) is 10.5. The first kappa shape index (κ1) is 10.5. The van der Waals surface area contributed by atoms with E-state index in [4.69, 9.17) is 0 Å². The maximum atomic E-state index is 12.0. The van der Waals surface area contributed by atoms with Crippen molar-refractivity contribution in [3.8, 4) is 17.3 Å². The standard InChI is InChI=1S/C14H13N3O2/c1-16-13(18)12-11-9(6-7-17(12)14(16)19)8-4-2-3-5-10(8)15-11/h2-5,15,18H,6-7H2,1H3. The number of hydrogen-bond donors (Lipinski definition) is 2. The summed E-state index contributed by atoms with van der Waals surface area (Å²) < 4.78 is 2.92. The lowest BCUT2D eigenvalue weighted by atomic mass is 10.0. The highest BCUT2D eigenvalue weighted by Gasteiger charge is 2.27. The highest BCUT2D eigenvalue weighted by atomic mass is 16.3. The summed E-state index contributed by atoms with van der Waals surface area (Å²) in [5.41, 5.74) is 3.51. The summed E-state index contributed by atoms with van der Waals surface area (Å²) in [6.07, 6.45) is 0.801. The van der Waals surface area contributed by atoms with Crippen LogP contribution in [0, 0.1) is 0 Å². The number of hydrogen-bond acceptors (Lipinski definition) is 2. The molecule has 0 aliphatic carbocycles. The normalized spacial score (nSPS) is 13.5. The lowest BCUT2D eigenvalue weighted by Crippen LogP contribution is -2.25. The van der Waals surface area contributed by atoms with Gasteiger partial charge in [0.05, 0.1) is 5.69 Å². The SMILES string of the molecule is Cn1c(O)c2n(c1=O)CCc1c-2[nH]c2ccccc12. The van der Waals surface area contributed by atoms with E-state index in [0.29, 0.717) is 12.2 Å². The van der Waals surface area contributed by atoms with Crippen LogP contribution in [0.15, 0.2) is 29.1 Å². The van der Waals surface area contributed by atoms with E-state index in [0.717, 1.165) is 17.6 Å². The Hall–Kier alpha value is -2.43. The smallest absolute Gasteiger partial charge is 0.331 e. The lowest BCUT2D eigenvalue weighted by Gasteiger charge is -2.14. The Labute approximate surface area is 108 Å². The predicted octanol–water partition coefficient (Wildman–Crippen LogP) is 1.60. The van der Waals surface area contributed by atoms with Crippen LogP contribution >= 0.6 is 0 Å². The van der Waals surface area contributed by atoms with Gasteiger partial charge in [-0.2, -0.15) is 0 Å². The van der Waals surface area contributed by atoms with Gasteiger partial charge in [-0.1, -0.05) is 18.2 Å². The molecule has 0 saturated carbocycles. The second-order valence-electron chi connectivity index (χ2n) is 4.94. The van der Waals surface area contributed by atoms with Crippen molar-refractivity contribution in [1.82, 2.24) is 14.1 Å². The number of fused-ring (bicyclic) bond motifs is 5. The van der Waals surface area contributed by atoms with Gasteiger partial charge in [0.25, 0.3) is 0 Å². The molecule has 3 heterocycles. The van der Waals surface area contributed by atoms with Crippen LogP contribution in [0.3, 0.4) is 0 Å². The summed E-state index contributed by atoms with van der Waals surface area (Å²) in [6, 6.07) is 8.06. The van der Waals surface area contributed by atoms with Gasteiger partial charge in [-0.25, -0.2) is 4.79 Å². The summed E-state index contributed by atoms with van der Waals surface area (Å²) in [7, 11) is 1.59. The summed E-state index contributed by atoms with van der Waals surface area (Å²) in [6.45, 7) is 0.609. The van der Waals surface area contributed by atoms with Gasteiger partial charge >= 0.3 is 5.69 Å². The van der Waals surface area contributed by atoms with Crippen LogP contribution < -0.4 is 5.69 Å². The van der Waals surface area contributed by atoms with Gasteiger partial charge in [0.15, 0.2) is 0 Å². The molecular weight excluding hydrogens is 242 g/mol. The number of aromatic hydroxyl groups is 1. The summed E-state index contributed by atoms with van der Waals surface area (Å²) in [5, 5.41) is 11.3. The Morgan fingerprint density at radius 3 is 2.95 bits per heavy atom. The fourth-order valence-electron chi connectivity index (χ4n) is 2.99. The molecule has 0 spiro atoms. The van der Waals surface area contributed by atoms with Crippen molar-refractivity contribution in [2.45, 2.75) is 13.0 Å². The largest absolute Gasteiger partial charge is 0.493 e. The number of aromatic amines is 1. The third kappa shape index (κ3) is 1.17. The highest BCUT2D eigenvalue weighted by Crippen LogP contribution is 2.37. The van der Waals surface area contributed by atoms with Crippen molar-refractivity contribution in [3.63, 3.8) is 0 Å². The minimum atomic E-state index is -0.170. The molecule has 0 bridgehead atoms. The molecule has 5 nitrogen and oxygen atoms in total. The summed E-state index contributed by atoms with van der Waals surface area (Å²) in [5.74, 6) is 0.0255. The van der Waals surface area contributed by atoms with Crippen molar-refractivity contribution in [1.29, 1.82) is 0 Å². The quantitative estimate of drug-likeness (QED) is 0.641. The Balaban J connectivity index is 2.15. The van der Waals surface area contributed by atoms with Crippen molar-refractivity contribution >= 4 is 10.9 Å². The molecule has 0 amide bonds. The van der Waals surface area contributed by atoms with Gasteiger partial charge in [0.1, 0.15) is 5.69 Å². The molecule has 2 aromatic heterocycles. The summed E-state index contributed by atoms with van der Waals surface area (Å²) >= 11 is 0. The maximum absolute atomic E-state index is 12.0. The molecule has 0 radical (unpaired) electrons. The van der Waals surface area contributed by atoms with Crippen LogP contribution in [-0.4, -0.2) is 19.2 Å². The molecule has 0 saturated heterocycles. The van der Waals surface area contributed by atoms with E-state index in [1.54, 1.807) is 11.6 Å². The van der Waals surface area contributed by atoms with Gasteiger partial charge in [0, 0.05) is 24.5 Å². The van der Waals surface area contributed by atoms with Gasteiger partial charge in [-0.15, -0.1) is 0 Å². The molecule has 2 N–H and O–H groups in total. The van der Waals surface area contributed by atoms with Crippen LogP contribution in [0.4, 0.5) is 0 Å². The van der Waals surface area contributed by atoms with Crippen molar-refractivity contribution in [2.24, 2.45) is 7.05 Å². The van der Waals surface area contributed by atoms with E-state index in [9.17, 15) is 9.90 Å². The minimum absolute atomic E-state index is 0.0255. The fourth-order valence-corrected chi connectivity index (χ4v) is 2.99. The number of benzene rings is 1. The van der Waals surface area contributed by atoms with Crippen LogP contribution in [0.5, 0.6) is 5.88 Å². The van der Waals surface area contributed by atoms with E-state index >= 15 is 0 Å². The Bertz CT molecular complexity index is 867. The van der Waals surface area contributed by atoms with Crippen LogP contribution in [0.2, 0.25) is 0 Å². The van der Waals surface area contributed by atoms with Gasteiger partial charge in [-0.05, 0) is 18.1 Å². The number of aromatic nitrogens is 3. The maximum Gasteiger partial charge on any atom is 0.331 e. The van der Waals surface area contributed by atoms with E-state index < -0.39 is 0 Å².